The van der Waals surface area contributed by atoms with E-state index in [2.05, 4.69) is 4.90 Å². The van der Waals surface area contributed by atoms with Crippen molar-refractivity contribution in [3.8, 4) is 11.5 Å². The SMILES string of the molecule is COc1ccc(OC)c(S(=O)(=O)N2CCCN(C3CCSC3)CC2)c1. The third-order valence-electron chi connectivity index (χ3n) is 4.90. The van der Waals surface area contributed by atoms with Crippen molar-refractivity contribution in [3.63, 3.8) is 0 Å². The van der Waals surface area contributed by atoms with Crippen LogP contribution in [-0.2, 0) is 10.0 Å². The number of methoxy groups -OCH3 is 2. The summed E-state index contributed by atoms with van der Waals surface area (Å²) in [6, 6.07) is 5.49. The van der Waals surface area contributed by atoms with E-state index in [1.54, 1.807) is 22.5 Å². The van der Waals surface area contributed by atoms with Gasteiger partial charge in [0.25, 0.3) is 0 Å². The van der Waals surface area contributed by atoms with E-state index in [-0.39, 0.29) is 4.90 Å². The summed E-state index contributed by atoms with van der Waals surface area (Å²) < 4.78 is 38.4. The molecule has 1 atom stereocenters. The summed E-state index contributed by atoms with van der Waals surface area (Å²) in [4.78, 5) is 2.64. The van der Waals surface area contributed by atoms with E-state index in [4.69, 9.17) is 9.47 Å². The van der Waals surface area contributed by atoms with Gasteiger partial charge in [0.15, 0.2) is 0 Å². The second-order valence-electron chi connectivity index (χ2n) is 6.33. The molecule has 0 amide bonds. The van der Waals surface area contributed by atoms with Crippen LogP contribution in [0.2, 0.25) is 0 Å². The molecule has 6 nitrogen and oxygen atoms in total. The van der Waals surface area contributed by atoms with E-state index in [0.29, 0.717) is 30.6 Å². The molecule has 0 saturated carbocycles. The highest BCUT2D eigenvalue weighted by Gasteiger charge is 2.32. The fourth-order valence-corrected chi connectivity index (χ4v) is 6.35. The zero-order valence-corrected chi connectivity index (χ0v) is 16.4. The van der Waals surface area contributed by atoms with Crippen molar-refractivity contribution in [2.24, 2.45) is 0 Å². The number of nitrogens with zero attached hydrogens (tertiary/aromatic N) is 2. The van der Waals surface area contributed by atoms with Crippen molar-refractivity contribution in [3.05, 3.63) is 18.2 Å². The summed E-state index contributed by atoms with van der Waals surface area (Å²) in [5.41, 5.74) is 0. The second-order valence-corrected chi connectivity index (χ2v) is 9.38. The van der Waals surface area contributed by atoms with Crippen LogP contribution in [0.25, 0.3) is 0 Å². The average Bonchev–Trinajstić information content (AvgIpc) is 3.05. The van der Waals surface area contributed by atoms with E-state index < -0.39 is 10.0 Å². The van der Waals surface area contributed by atoms with Crippen LogP contribution in [0.1, 0.15) is 12.8 Å². The molecule has 1 aromatic rings. The van der Waals surface area contributed by atoms with Gasteiger partial charge >= 0.3 is 0 Å². The van der Waals surface area contributed by atoms with Gasteiger partial charge in [0.2, 0.25) is 10.0 Å². The number of thioether (sulfide) groups is 1. The Bertz CT molecular complexity index is 690. The predicted molar refractivity (Wildman–Crippen MR) is 100 cm³/mol. The maximum absolute atomic E-state index is 13.2. The third-order valence-corrected chi connectivity index (χ3v) is 7.96. The number of sulfonamides is 1. The average molecular weight is 387 g/mol. The summed E-state index contributed by atoms with van der Waals surface area (Å²) in [6.45, 7) is 2.81. The molecule has 0 N–H and O–H groups in total. The molecule has 0 spiro atoms. The van der Waals surface area contributed by atoms with Crippen molar-refractivity contribution in [2.45, 2.75) is 23.8 Å². The Morgan fingerprint density at radius 3 is 2.64 bits per heavy atom. The van der Waals surface area contributed by atoms with Crippen LogP contribution in [0.5, 0.6) is 11.5 Å². The molecule has 0 bridgehead atoms. The van der Waals surface area contributed by atoms with Gasteiger partial charge in [-0.1, -0.05) is 0 Å². The molecule has 0 aliphatic carbocycles. The second kappa shape index (κ2) is 8.16. The lowest BCUT2D eigenvalue weighted by atomic mass is 10.2. The molecule has 3 rings (SSSR count). The maximum atomic E-state index is 13.2. The first-order valence-corrected chi connectivity index (χ1v) is 11.2. The summed E-state index contributed by atoms with van der Waals surface area (Å²) in [5, 5.41) is 0. The molecule has 0 aromatic heterocycles. The first-order valence-electron chi connectivity index (χ1n) is 8.60. The molecule has 2 fully saturated rings. The number of hydrogen-bond donors (Lipinski definition) is 0. The van der Waals surface area contributed by atoms with Gasteiger partial charge in [-0.3, -0.25) is 4.90 Å². The number of benzene rings is 1. The summed E-state index contributed by atoms with van der Waals surface area (Å²) in [6.07, 6.45) is 2.06. The van der Waals surface area contributed by atoms with Gasteiger partial charge < -0.3 is 9.47 Å². The summed E-state index contributed by atoms with van der Waals surface area (Å²) in [5.74, 6) is 3.24. The summed E-state index contributed by atoms with van der Waals surface area (Å²) in [7, 11) is -0.593. The Balaban J connectivity index is 1.80. The lowest BCUT2D eigenvalue weighted by Gasteiger charge is -2.26. The quantitative estimate of drug-likeness (QED) is 0.770. The standard InChI is InChI=1S/C17H26N2O4S2/c1-22-15-4-5-16(23-2)17(12-15)25(20,21)19-8-3-7-18(9-10-19)14-6-11-24-13-14/h4-5,12,14H,3,6-11,13H2,1-2H3. The largest absolute Gasteiger partial charge is 0.497 e. The summed E-state index contributed by atoms with van der Waals surface area (Å²) >= 11 is 1.99. The zero-order chi connectivity index (χ0) is 17.9. The third kappa shape index (κ3) is 4.07. The number of ether oxygens (including phenoxy) is 2. The van der Waals surface area contributed by atoms with E-state index in [0.717, 1.165) is 25.3 Å². The van der Waals surface area contributed by atoms with E-state index in [9.17, 15) is 8.42 Å². The number of hydrogen-bond acceptors (Lipinski definition) is 6. The van der Waals surface area contributed by atoms with E-state index in [1.165, 1.54) is 26.4 Å². The Hall–Kier alpha value is -0.960. The lowest BCUT2D eigenvalue weighted by molar-refractivity contribution is 0.223. The molecule has 25 heavy (non-hydrogen) atoms. The van der Waals surface area contributed by atoms with Gasteiger partial charge in [-0.15, -0.1) is 0 Å². The zero-order valence-electron chi connectivity index (χ0n) is 14.8. The van der Waals surface area contributed by atoms with Crippen LogP contribution < -0.4 is 9.47 Å². The first kappa shape index (κ1) is 18.8. The van der Waals surface area contributed by atoms with Crippen molar-refractivity contribution in [2.75, 3.05) is 51.9 Å². The van der Waals surface area contributed by atoms with Crippen LogP contribution in [0.3, 0.4) is 0 Å². The smallest absolute Gasteiger partial charge is 0.246 e. The van der Waals surface area contributed by atoms with Gasteiger partial charge in [0, 0.05) is 37.5 Å². The topological polar surface area (TPSA) is 59.1 Å². The van der Waals surface area contributed by atoms with Crippen molar-refractivity contribution in [1.29, 1.82) is 0 Å². The van der Waals surface area contributed by atoms with Gasteiger partial charge in [-0.2, -0.15) is 16.1 Å². The Labute approximate surface area is 154 Å². The van der Waals surface area contributed by atoms with Gasteiger partial charge in [-0.25, -0.2) is 8.42 Å². The van der Waals surface area contributed by atoms with Crippen LogP contribution in [-0.4, -0.2) is 75.6 Å². The molecule has 140 valence electrons. The first-order chi connectivity index (χ1) is 12.1. The van der Waals surface area contributed by atoms with Gasteiger partial charge in [-0.05, 0) is 37.3 Å². The molecule has 2 aliphatic rings. The maximum Gasteiger partial charge on any atom is 0.246 e. The molecular formula is C17H26N2O4S2. The normalized spacial score (nSPS) is 23.4. The highest BCUT2D eigenvalue weighted by molar-refractivity contribution is 7.99. The Kier molecular flexibility index (Phi) is 6.14. The minimum Gasteiger partial charge on any atom is -0.497 e. The Morgan fingerprint density at radius 1 is 1.12 bits per heavy atom. The molecule has 8 heteroatoms. The fraction of sp³-hybridized carbons (Fsp3) is 0.647. The van der Waals surface area contributed by atoms with E-state index >= 15 is 0 Å². The molecular weight excluding hydrogens is 360 g/mol. The minimum absolute atomic E-state index is 0.180. The number of rotatable bonds is 5. The molecule has 2 saturated heterocycles. The van der Waals surface area contributed by atoms with Crippen molar-refractivity contribution >= 4 is 21.8 Å². The van der Waals surface area contributed by atoms with E-state index in [1.807, 2.05) is 11.8 Å². The molecule has 2 aliphatic heterocycles. The molecule has 1 aromatic carbocycles. The van der Waals surface area contributed by atoms with Crippen LogP contribution >= 0.6 is 11.8 Å². The predicted octanol–water partition coefficient (Wildman–Crippen LogP) is 1.91. The van der Waals surface area contributed by atoms with Crippen LogP contribution in [0, 0.1) is 0 Å². The molecule has 0 radical (unpaired) electrons. The highest BCUT2D eigenvalue weighted by atomic mass is 32.2. The van der Waals surface area contributed by atoms with Gasteiger partial charge in [0.05, 0.1) is 14.2 Å². The Morgan fingerprint density at radius 2 is 1.96 bits per heavy atom. The van der Waals surface area contributed by atoms with Crippen LogP contribution in [0.4, 0.5) is 0 Å². The van der Waals surface area contributed by atoms with Gasteiger partial charge in [0.1, 0.15) is 16.4 Å². The lowest BCUT2D eigenvalue weighted by Crippen LogP contribution is -2.39. The van der Waals surface area contributed by atoms with Crippen LogP contribution in [0.15, 0.2) is 23.1 Å². The highest BCUT2D eigenvalue weighted by Crippen LogP contribution is 2.31. The molecule has 1 unspecified atom stereocenters. The van der Waals surface area contributed by atoms with Crippen molar-refractivity contribution in [1.82, 2.24) is 9.21 Å². The monoisotopic (exact) mass is 386 g/mol. The van der Waals surface area contributed by atoms with Crippen molar-refractivity contribution < 1.29 is 17.9 Å². The minimum atomic E-state index is -3.61. The fourth-order valence-electron chi connectivity index (χ4n) is 3.45. The molecule has 2 heterocycles.